The van der Waals surface area contributed by atoms with Crippen LogP contribution in [0, 0.1) is 39.9 Å². The van der Waals surface area contributed by atoms with E-state index in [-0.39, 0.29) is 22.3 Å². The van der Waals surface area contributed by atoms with E-state index in [9.17, 15) is 9.90 Å². The molecule has 25 heavy (non-hydrogen) atoms. The summed E-state index contributed by atoms with van der Waals surface area (Å²) >= 11 is 0. The highest BCUT2D eigenvalue weighted by molar-refractivity contribution is 5.79. The number of Topliss-reactive ketones (excluding diaryl/α,β-unsaturated/α-hetero) is 1. The number of hydrogen-bond acceptors (Lipinski definition) is 2. The van der Waals surface area contributed by atoms with Crippen LogP contribution in [-0.4, -0.2) is 17.0 Å². The smallest absolute Gasteiger partial charge is 0.133 e. The summed E-state index contributed by atoms with van der Waals surface area (Å²) in [5, 5.41) is 10.6. The van der Waals surface area contributed by atoms with Crippen LogP contribution >= 0.6 is 0 Å². The average Bonchev–Trinajstić information content (AvgIpc) is 2.89. The van der Waals surface area contributed by atoms with Gasteiger partial charge in [0.1, 0.15) is 5.78 Å². The normalized spacial score (nSPS) is 51.1. The lowest BCUT2D eigenvalue weighted by atomic mass is 9.44. The number of fused-ring (bicyclic) bond motifs is 5. The molecule has 7 unspecified atom stereocenters. The number of carbonyl (C=O) groups is 1. The zero-order valence-electron chi connectivity index (χ0n) is 16.8. The third-order valence-corrected chi connectivity index (χ3v) is 9.42. The van der Waals surface area contributed by atoms with E-state index in [4.69, 9.17) is 0 Å². The molecule has 0 aromatic rings. The summed E-state index contributed by atoms with van der Waals surface area (Å²) in [5.74, 6) is 2.90. The number of carbonyl (C=O) groups excluding carboxylic acids is 1. The minimum atomic E-state index is -0.203. The summed E-state index contributed by atoms with van der Waals surface area (Å²) in [5.41, 5.74) is 1.93. The van der Waals surface area contributed by atoms with Gasteiger partial charge in [0.05, 0.1) is 6.10 Å². The van der Waals surface area contributed by atoms with Crippen LogP contribution in [0.5, 0.6) is 0 Å². The van der Waals surface area contributed by atoms with Crippen LogP contribution in [0.3, 0.4) is 0 Å². The van der Waals surface area contributed by atoms with E-state index in [1.54, 1.807) is 0 Å². The fraction of sp³-hybridized carbons (Fsp3) is 0.870. The maximum Gasteiger partial charge on any atom is 0.133 e. The van der Waals surface area contributed by atoms with Crippen molar-refractivity contribution in [3.05, 3.63) is 11.6 Å². The highest BCUT2D eigenvalue weighted by Gasteiger charge is 2.61. The third kappa shape index (κ3) is 2.22. The molecule has 0 aromatic carbocycles. The summed E-state index contributed by atoms with van der Waals surface area (Å²) in [6, 6.07) is 0. The van der Waals surface area contributed by atoms with Crippen molar-refractivity contribution in [1.82, 2.24) is 0 Å². The first-order valence-electron chi connectivity index (χ1n) is 10.5. The van der Waals surface area contributed by atoms with Crippen LogP contribution in [0.2, 0.25) is 0 Å². The van der Waals surface area contributed by atoms with Gasteiger partial charge in [0.15, 0.2) is 0 Å². The lowest BCUT2D eigenvalue weighted by Crippen LogP contribution is -2.54. The van der Waals surface area contributed by atoms with E-state index in [1.165, 1.54) is 24.8 Å². The largest absolute Gasteiger partial charge is 0.392 e. The first-order chi connectivity index (χ1) is 11.6. The molecule has 140 valence electrons. The summed E-state index contributed by atoms with van der Waals surface area (Å²) in [6.45, 7) is 11.2. The molecule has 3 fully saturated rings. The molecule has 0 aliphatic heterocycles. The van der Waals surface area contributed by atoms with Crippen molar-refractivity contribution in [3.63, 3.8) is 0 Å². The van der Waals surface area contributed by atoms with Gasteiger partial charge in [-0.1, -0.05) is 39.3 Å². The van der Waals surface area contributed by atoms with Gasteiger partial charge >= 0.3 is 0 Å². The molecule has 4 rings (SSSR count). The van der Waals surface area contributed by atoms with Gasteiger partial charge in [-0.2, -0.15) is 0 Å². The molecule has 0 bridgehead atoms. The molecule has 1 N–H and O–H groups in total. The Morgan fingerprint density at radius 3 is 2.44 bits per heavy atom. The van der Waals surface area contributed by atoms with E-state index >= 15 is 0 Å². The summed E-state index contributed by atoms with van der Waals surface area (Å²) in [4.78, 5) is 12.2. The average molecular weight is 345 g/mol. The fourth-order valence-corrected chi connectivity index (χ4v) is 8.06. The Kier molecular flexibility index (Phi) is 3.87. The summed E-state index contributed by atoms with van der Waals surface area (Å²) in [7, 11) is 0. The lowest BCUT2D eigenvalue weighted by molar-refractivity contribution is -0.128. The molecule has 2 nitrogen and oxygen atoms in total. The van der Waals surface area contributed by atoms with Crippen LogP contribution in [0.15, 0.2) is 11.6 Å². The first-order valence-corrected chi connectivity index (χ1v) is 10.5. The number of aliphatic hydroxyl groups is 1. The molecule has 3 saturated carbocycles. The number of ketones is 1. The van der Waals surface area contributed by atoms with Crippen molar-refractivity contribution >= 4 is 5.78 Å². The Morgan fingerprint density at radius 2 is 1.76 bits per heavy atom. The van der Waals surface area contributed by atoms with E-state index in [0.717, 1.165) is 37.5 Å². The van der Waals surface area contributed by atoms with Gasteiger partial charge in [-0.05, 0) is 80.5 Å². The number of hydrogen-bond donors (Lipinski definition) is 1. The van der Waals surface area contributed by atoms with Crippen molar-refractivity contribution in [3.8, 4) is 0 Å². The quantitative estimate of drug-likeness (QED) is 0.668. The van der Waals surface area contributed by atoms with Crippen molar-refractivity contribution in [2.45, 2.75) is 85.7 Å². The van der Waals surface area contributed by atoms with Gasteiger partial charge in [-0.15, -0.1) is 0 Å². The molecule has 0 aromatic heterocycles. The second kappa shape index (κ2) is 5.44. The molecular formula is C23H36O2. The summed E-state index contributed by atoms with van der Waals surface area (Å²) < 4.78 is 0. The second-order valence-corrected chi connectivity index (χ2v) is 10.7. The van der Waals surface area contributed by atoms with Crippen LogP contribution < -0.4 is 0 Å². The maximum atomic E-state index is 12.2. The Labute approximate surface area is 153 Å². The number of rotatable bonds is 1. The topological polar surface area (TPSA) is 37.3 Å². The van der Waals surface area contributed by atoms with Gasteiger partial charge in [0, 0.05) is 11.3 Å². The van der Waals surface area contributed by atoms with Gasteiger partial charge in [0.25, 0.3) is 0 Å². The molecule has 0 saturated heterocycles. The molecule has 4 aliphatic carbocycles. The standard InChI is InChI=1S/C23H36O2/c1-14(24)16-7-8-17-15-6-9-19-21(2,3)20(25)11-13-23(19,5)18(15)10-12-22(16,17)4/h9,15-18,20,25H,6-8,10-13H2,1-5H3. The van der Waals surface area contributed by atoms with Gasteiger partial charge in [-0.25, -0.2) is 0 Å². The first kappa shape index (κ1) is 17.8. The van der Waals surface area contributed by atoms with E-state index in [2.05, 4.69) is 33.8 Å². The molecule has 2 heteroatoms. The molecule has 4 aliphatic rings. The highest BCUT2D eigenvalue weighted by atomic mass is 16.3. The Hall–Kier alpha value is -0.630. The maximum absolute atomic E-state index is 12.2. The second-order valence-electron chi connectivity index (χ2n) is 10.7. The van der Waals surface area contributed by atoms with Crippen LogP contribution in [0.25, 0.3) is 0 Å². The predicted molar refractivity (Wildman–Crippen MR) is 101 cm³/mol. The predicted octanol–water partition coefficient (Wildman–Crippen LogP) is 5.15. The number of aliphatic hydroxyl groups excluding tert-OH is 1. The fourth-order valence-electron chi connectivity index (χ4n) is 8.06. The number of allylic oxidation sites excluding steroid dienone is 1. The molecule has 0 spiro atoms. The minimum absolute atomic E-state index is 0.0870. The van der Waals surface area contributed by atoms with Gasteiger partial charge < -0.3 is 5.11 Å². The monoisotopic (exact) mass is 344 g/mol. The zero-order valence-corrected chi connectivity index (χ0v) is 16.8. The SMILES string of the molecule is CC(=O)C1CCC2C3CC=C4C(C)(C)C(O)CCC4(C)C3CCC12C. The van der Waals surface area contributed by atoms with Crippen molar-refractivity contribution in [2.75, 3.05) is 0 Å². The van der Waals surface area contributed by atoms with Gasteiger partial charge in [-0.3, -0.25) is 4.79 Å². The van der Waals surface area contributed by atoms with Crippen molar-refractivity contribution in [2.24, 2.45) is 39.9 Å². The van der Waals surface area contributed by atoms with Crippen molar-refractivity contribution < 1.29 is 9.90 Å². The molecule has 0 amide bonds. The lowest BCUT2D eigenvalue weighted by Gasteiger charge is -2.61. The summed E-state index contributed by atoms with van der Waals surface area (Å²) in [6.07, 6.45) is 10.4. The molecular weight excluding hydrogens is 308 g/mol. The third-order valence-electron chi connectivity index (χ3n) is 9.42. The van der Waals surface area contributed by atoms with Crippen LogP contribution in [-0.2, 0) is 4.79 Å². The van der Waals surface area contributed by atoms with Gasteiger partial charge in [0.2, 0.25) is 0 Å². The minimum Gasteiger partial charge on any atom is -0.392 e. The highest BCUT2D eigenvalue weighted by Crippen LogP contribution is 2.68. The van der Waals surface area contributed by atoms with Crippen LogP contribution in [0.1, 0.15) is 79.6 Å². The molecule has 7 atom stereocenters. The Balaban J connectivity index is 1.71. The molecule has 0 radical (unpaired) electrons. The van der Waals surface area contributed by atoms with E-state index < -0.39 is 0 Å². The van der Waals surface area contributed by atoms with E-state index in [1.807, 2.05) is 6.92 Å². The van der Waals surface area contributed by atoms with Crippen LogP contribution in [0.4, 0.5) is 0 Å². The van der Waals surface area contributed by atoms with Crippen molar-refractivity contribution in [1.29, 1.82) is 0 Å². The Morgan fingerprint density at radius 1 is 1.04 bits per heavy atom. The molecule has 0 heterocycles. The Bertz CT molecular complexity index is 618. The zero-order chi connectivity index (χ0) is 18.2. The van der Waals surface area contributed by atoms with E-state index in [0.29, 0.717) is 17.6 Å².